The Morgan fingerprint density at radius 3 is 3.06 bits per heavy atom. The lowest BCUT2D eigenvalue weighted by Gasteiger charge is -1.95. The maximum absolute atomic E-state index is 11.3. The fraction of sp³-hybridized carbons (Fsp3) is 0.154. The first-order chi connectivity index (χ1) is 8.69. The maximum Gasteiger partial charge on any atom is 0.244 e. The summed E-state index contributed by atoms with van der Waals surface area (Å²) in [5, 5.41) is 12.6. The van der Waals surface area contributed by atoms with Crippen LogP contribution in [0.15, 0.2) is 34.8 Å². The second-order valence-corrected chi connectivity index (χ2v) is 4.12. The molecule has 1 amide bonds. The first kappa shape index (κ1) is 12.7. The van der Waals surface area contributed by atoms with E-state index in [4.69, 9.17) is 21.1 Å². The van der Waals surface area contributed by atoms with E-state index in [1.54, 1.807) is 30.3 Å². The Labute approximate surface area is 109 Å². The Kier molecular flexibility index (Phi) is 4.02. The first-order valence-corrected chi connectivity index (χ1v) is 5.83. The third-order valence-electron chi connectivity index (χ3n) is 2.31. The van der Waals surface area contributed by atoms with E-state index in [0.717, 1.165) is 11.0 Å². The maximum atomic E-state index is 11.3. The van der Waals surface area contributed by atoms with Gasteiger partial charge < -0.3 is 14.8 Å². The van der Waals surface area contributed by atoms with Gasteiger partial charge in [0.15, 0.2) is 0 Å². The average molecular weight is 266 g/mol. The number of benzene rings is 1. The number of carbonyl (C=O) groups is 1. The number of nitrogens with one attached hydrogen (secondary N) is 1. The molecule has 1 aromatic heterocycles. The molecule has 0 atom stereocenters. The van der Waals surface area contributed by atoms with Crippen molar-refractivity contribution in [2.45, 2.75) is 0 Å². The first-order valence-electron chi connectivity index (χ1n) is 5.45. The van der Waals surface area contributed by atoms with Crippen LogP contribution in [0.5, 0.6) is 0 Å². The molecule has 0 saturated heterocycles. The van der Waals surface area contributed by atoms with Crippen LogP contribution in [0.3, 0.4) is 0 Å². The van der Waals surface area contributed by atoms with Crippen molar-refractivity contribution < 1.29 is 14.3 Å². The second kappa shape index (κ2) is 5.71. The third-order valence-corrected chi connectivity index (χ3v) is 2.54. The van der Waals surface area contributed by atoms with E-state index in [0.29, 0.717) is 10.8 Å². The van der Waals surface area contributed by atoms with Gasteiger partial charge in [0, 0.05) is 23.0 Å². The minimum atomic E-state index is -0.275. The molecule has 2 N–H and O–H groups in total. The van der Waals surface area contributed by atoms with Crippen molar-refractivity contribution in [1.29, 1.82) is 0 Å². The summed E-state index contributed by atoms with van der Waals surface area (Å²) in [6, 6.07) is 7.12. The van der Waals surface area contributed by atoms with Gasteiger partial charge in [-0.2, -0.15) is 0 Å². The topological polar surface area (TPSA) is 62.5 Å². The fourth-order valence-corrected chi connectivity index (χ4v) is 1.69. The van der Waals surface area contributed by atoms with Crippen LogP contribution in [-0.4, -0.2) is 24.2 Å². The van der Waals surface area contributed by atoms with Gasteiger partial charge >= 0.3 is 0 Å². The summed E-state index contributed by atoms with van der Waals surface area (Å²) in [6.07, 6.45) is 2.93. The van der Waals surface area contributed by atoms with Gasteiger partial charge in [-0.25, -0.2) is 0 Å². The van der Waals surface area contributed by atoms with Gasteiger partial charge in [-0.05, 0) is 30.3 Å². The third kappa shape index (κ3) is 3.12. The number of aliphatic hydroxyl groups is 1. The predicted octanol–water partition coefficient (Wildman–Crippen LogP) is 2.21. The number of halogens is 1. The molecule has 5 heteroatoms. The summed E-state index contributed by atoms with van der Waals surface area (Å²) in [5.74, 6) is 0.300. The van der Waals surface area contributed by atoms with Crippen LogP contribution in [0.1, 0.15) is 5.76 Å². The van der Waals surface area contributed by atoms with E-state index in [9.17, 15) is 4.79 Å². The summed E-state index contributed by atoms with van der Waals surface area (Å²) >= 11 is 5.87. The molecule has 0 aliphatic carbocycles. The van der Waals surface area contributed by atoms with Crippen molar-refractivity contribution in [2.24, 2.45) is 0 Å². The monoisotopic (exact) mass is 265 g/mol. The van der Waals surface area contributed by atoms with Crippen molar-refractivity contribution in [1.82, 2.24) is 5.32 Å². The molecule has 0 aliphatic rings. The molecule has 0 aliphatic heterocycles. The van der Waals surface area contributed by atoms with E-state index in [1.807, 2.05) is 0 Å². The van der Waals surface area contributed by atoms with Crippen LogP contribution in [0.4, 0.5) is 0 Å². The van der Waals surface area contributed by atoms with Gasteiger partial charge in [-0.15, -0.1) is 0 Å². The lowest BCUT2D eigenvalue weighted by Crippen LogP contribution is -2.24. The number of furan rings is 1. The molecular formula is C13H12ClNO3. The summed E-state index contributed by atoms with van der Waals surface area (Å²) in [6.45, 7) is 0.154. The summed E-state index contributed by atoms with van der Waals surface area (Å²) in [4.78, 5) is 11.3. The molecule has 1 aromatic carbocycles. The molecule has 18 heavy (non-hydrogen) atoms. The Morgan fingerprint density at radius 1 is 1.44 bits per heavy atom. The standard InChI is InChI=1S/C13H12ClNO3/c14-10-1-3-12-9(7-10)8-11(18-12)2-4-13(17)15-5-6-16/h1-4,7-8,16H,5-6H2,(H,15,17)/b4-2+. The lowest BCUT2D eigenvalue weighted by molar-refractivity contribution is -0.116. The van der Waals surface area contributed by atoms with Crippen molar-refractivity contribution >= 4 is 34.6 Å². The number of aliphatic hydroxyl groups excluding tert-OH is 1. The van der Waals surface area contributed by atoms with Gasteiger partial charge in [-0.1, -0.05) is 11.6 Å². The van der Waals surface area contributed by atoms with Gasteiger partial charge in [0.2, 0.25) is 5.91 Å². The van der Waals surface area contributed by atoms with E-state index >= 15 is 0 Å². The van der Waals surface area contributed by atoms with Crippen LogP contribution in [0.2, 0.25) is 5.02 Å². The predicted molar refractivity (Wildman–Crippen MR) is 70.4 cm³/mol. The highest BCUT2D eigenvalue weighted by molar-refractivity contribution is 6.31. The zero-order valence-corrected chi connectivity index (χ0v) is 10.3. The Hall–Kier alpha value is -1.78. The van der Waals surface area contributed by atoms with Crippen LogP contribution in [0.25, 0.3) is 17.0 Å². The molecule has 0 spiro atoms. The lowest BCUT2D eigenvalue weighted by atomic mass is 10.2. The smallest absolute Gasteiger partial charge is 0.244 e. The highest BCUT2D eigenvalue weighted by Crippen LogP contribution is 2.23. The van der Waals surface area contributed by atoms with Crippen LogP contribution >= 0.6 is 11.6 Å². The van der Waals surface area contributed by atoms with Crippen molar-refractivity contribution in [2.75, 3.05) is 13.2 Å². The van der Waals surface area contributed by atoms with Gasteiger partial charge in [0.1, 0.15) is 11.3 Å². The average Bonchev–Trinajstić information content (AvgIpc) is 2.75. The number of hydrogen-bond acceptors (Lipinski definition) is 3. The van der Waals surface area contributed by atoms with Gasteiger partial charge in [-0.3, -0.25) is 4.79 Å². The molecule has 0 radical (unpaired) electrons. The minimum Gasteiger partial charge on any atom is -0.457 e. The zero-order chi connectivity index (χ0) is 13.0. The number of hydrogen-bond donors (Lipinski definition) is 2. The summed E-state index contributed by atoms with van der Waals surface area (Å²) in [7, 11) is 0. The van der Waals surface area contributed by atoms with Crippen LogP contribution in [-0.2, 0) is 4.79 Å². The molecule has 0 bridgehead atoms. The quantitative estimate of drug-likeness (QED) is 0.833. The van der Waals surface area contributed by atoms with E-state index in [-0.39, 0.29) is 19.1 Å². The SMILES string of the molecule is O=C(/C=C/c1cc2cc(Cl)ccc2o1)NCCO. The number of rotatable bonds is 4. The highest BCUT2D eigenvalue weighted by Gasteiger charge is 2.02. The van der Waals surface area contributed by atoms with Gasteiger partial charge in [0.25, 0.3) is 0 Å². The number of fused-ring (bicyclic) bond motifs is 1. The van der Waals surface area contributed by atoms with Crippen LogP contribution < -0.4 is 5.32 Å². The highest BCUT2D eigenvalue weighted by atomic mass is 35.5. The van der Waals surface area contributed by atoms with Crippen molar-refractivity contribution in [3.63, 3.8) is 0 Å². The molecule has 4 nitrogen and oxygen atoms in total. The second-order valence-electron chi connectivity index (χ2n) is 3.68. The molecule has 0 fully saturated rings. The number of carbonyl (C=O) groups excluding carboxylic acids is 1. The minimum absolute atomic E-state index is 0.0806. The van der Waals surface area contributed by atoms with Crippen molar-refractivity contribution in [3.8, 4) is 0 Å². The van der Waals surface area contributed by atoms with Crippen LogP contribution in [0, 0.1) is 0 Å². The molecule has 94 valence electrons. The van der Waals surface area contributed by atoms with Gasteiger partial charge in [0.05, 0.1) is 6.61 Å². The summed E-state index contributed by atoms with van der Waals surface area (Å²) < 4.78 is 5.50. The Morgan fingerprint density at radius 2 is 2.28 bits per heavy atom. The largest absolute Gasteiger partial charge is 0.457 e. The molecule has 2 rings (SSSR count). The van der Waals surface area contributed by atoms with E-state index in [1.165, 1.54) is 6.08 Å². The van der Waals surface area contributed by atoms with E-state index in [2.05, 4.69) is 5.32 Å². The van der Waals surface area contributed by atoms with E-state index < -0.39 is 0 Å². The van der Waals surface area contributed by atoms with Crippen molar-refractivity contribution in [3.05, 3.63) is 41.1 Å². The summed E-state index contributed by atoms with van der Waals surface area (Å²) in [5.41, 5.74) is 0.717. The molecule has 1 heterocycles. The number of amides is 1. The molecule has 2 aromatic rings. The fourth-order valence-electron chi connectivity index (χ4n) is 1.51. The Balaban J connectivity index is 2.12. The Bertz CT molecular complexity index is 589. The molecule has 0 saturated carbocycles. The normalized spacial score (nSPS) is 11.2. The molecular weight excluding hydrogens is 254 g/mol. The molecule has 0 unspecified atom stereocenters. The zero-order valence-electron chi connectivity index (χ0n) is 9.52.